The molecule has 0 aromatic rings. The molecule has 2 aliphatic carbocycles. The monoisotopic (exact) mass is 480 g/mol. The van der Waals surface area contributed by atoms with E-state index in [1.165, 1.54) is 0 Å². The summed E-state index contributed by atoms with van der Waals surface area (Å²) in [6, 6.07) is -0.314. The Balaban J connectivity index is 1.15. The summed E-state index contributed by atoms with van der Waals surface area (Å²) in [6.07, 6.45) is 5.12. The van der Waals surface area contributed by atoms with Gasteiger partial charge in [0.1, 0.15) is 12.3 Å². The number of nitrogens with zero attached hydrogens (tertiary/aromatic N) is 2. The van der Waals surface area contributed by atoms with Crippen LogP contribution in [0.3, 0.4) is 0 Å². The lowest BCUT2D eigenvalue weighted by atomic mass is 9.77. The number of halogens is 2. The van der Waals surface area contributed by atoms with Crippen LogP contribution in [0.5, 0.6) is 0 Å². The molecule has 6 nitrogen and oxygen atoms in total. The largest absolute Gasteiger partial charge is 0.352 e. The molecule has 3 saturated heterocycles. The van der Waals surface area contributed by atoms with Gasteiger partial charge in [-0.1, -0.05) is 6.92 Å². The fraction of sp³-hybridized carbons (Fsp3) is 0.923. The lowest BCUT2D eigenvalue weighted by molar-refractivity contribution is -0.131. The van der Waals surface area contributed by atoms with Crippen LogP contribution in [0.25, 0.3) is 0 Å². The van der Waals surface area contributed by atoms with Crippen LogP contribution in [-0.2, 0) is 9.59 Å². The highest BCUT2D eigenvalue weighted by atomic mass is 19.1. The molecule has 34 heavy (non-hydrogen) atoms. The SMILES string of the molecule is CC(=O)N1CCC2(CC1)CCN(C1CC(F)CC(NC(=O)C3CC4C(F)CCC(C)C4N3)C1)C2. The van der Waals surface area contributed by atoms with Gasteiger partial charge in [0.25, 0.3) is 0 Å². The molecule has 2 saturated carbocycles. The first kappa shape index (κ1) is 24.4. The zero-order valence-electron chi connectivity index (χ0n) is 20.8. The van der Waals surface area contributed by atoms with Crippen LogP contribution in [0.1, 0.15) is 71.6 Å². The van der Waals surface area contributed by atoms with E-state index in [1.807, 2.05) is 4.90 Å². The van der Waals surface area contributed by atoms with Crippen molar-refractivity contribution in [1.29, 1.82) is 0 Å². The van der Waals surface area contributed by atoms with Crippen molar-refractivity contribution < 1.29 is 18.4 Å². The minimum atomic E-state index is -0.908. The molecule has 0 radical (unpaired) electrons. The zero-order chi connectivity index (χ0) is 24.0. The number of nitrogens with one attached hydrogen (secondary N) is 2. The van der Waals surface area contributed by atoms with E-state index in [4.69, 9.17) is 0 Å². The van der Waals surface area contributed by atoms with Crippen LogP contribution in [-0.4, -0.2) is 84.3 Å². The standard InChI is InChI=1S/C26H42F2N4O2/c1-16-3-4-22(28)21-14-23(30-24(16)21)25(34)29-19-11-18(27)12-20(13-19)32-10-7-26(15-32)5-8-31(9-6-26)17(2)33/h16,18-24,30H,3-15H2,1-2H3,(H,29,34). The number of alkyl halides is 2. The molecule has 5 rings (SSSR count). The normalized spacial score (nSPS) is 42.5. The van der Waals surface area contributed by atoms with E-state index in [2.05, 4.69) is 22.5 Å². The molecule has 192 valence electrons. The van der Waals surface area contributed by atoms with Crippen molar-refractivity contribution in [3.05, 3.63) is 0 Å². The van der Waals surface area contributed by atoms with Crippen molar-refractivity contribution in [2.24, 2.45) is 17.3 Å². The van der Waals surface area contributed by atoms with Gasteiger partial charge in [0.05, 0.1) is 6.04 Å². The van der Waals surface area contributed by atoms with Gasteiger partial charge in [-0.05, 0) is 75.7 Å². The Labute approximate surface area is 202 Å². The lowest BCUT2D eigenvalue weighted by Crippen LogP contribution is -2.53. The third kappa shape index (κ3) is 4.86. The van der Waals surface area contributed by atoms with Crippen molar-refractivity contribution in [3.8, 4) is 0 Å². The molecule has 5 aliphatic rings. The third-order valence-corrected chi connectivity index (χ3v) is 9.88. The van der Waals surface area contributed by atoms with Crippen molar-refractivity contribution in [3.63, 3.8) is 0 Å². The predicted molar refractivity (Wildman–Crippen MR) is 127 cm³/mol. The fourth-order valence-electron chi connectivity index (χ4n) is 7.72. The van der Waals surface area contributed by atoms with Gasteiger partial charge in [0.15, 0.2) is 0 Å². The smallest absolute Gasteiger partial charge is 0.237 e. The van der Waals surface area contributed by atoms with E-state index in [0.717, 1.165) is 58.3 Å². The van der Waals surface area contributed by atoms with Crippen LogP contribution >= 0.6 is 0 Å². The number of rotatable bonds is 3. The van der Waals surface area contributed by atoms with E-state index in [1.54, 1.807) is 6.92 Å². The van der Waals surface area contributed by atoms with E-state index < -0.39 is 12.3 Å². The van der Waals surface area contributed by atoms with Gasteiger partial charge in [-0.25, -0.2) is 8.78 Å². The molecule has 1 spiro atoms. The lowest BCUT2D eigenvalue weighted by Gasteiger charge is -2.41. The summed E-state index contributed by atoms with van der Waals surface area (Å²) in [6.45, 7) is 7.38. The van der Waals surface area contributed by atoms with Gasteiger partial charge in [0.2, 0.25) is 11.8 Å². The molecule has 3 heterocycles. The van der Waals surface area contributed by atoms with Gasteiger partial charge >= 0.3 is 0 Å². The molecule has 0 aromatic carbocycles. The van der Waals surface area contributed by atoms with Crippen LogP contribution in [0.2, 0.25) is 0 Å². The molecule has 0 aromatic heterocycles. The molecule has 8 unspecified atom stereocenters. The third-order valence-electron chi connectivity index (χ3n) is 9.88. The van der Waals surface area contributed by atoms with Crippen molar-refractivity contribution in [1.82, 2.24) is 20.4 Å². The topological polar surface area (TPSA) is 64.7 Å². The van der Waals surface area contributed by atoms with Crippen LogP contribution in [0, 0.1) is 17.3 Å². The summed E-state index contributed by atoms with van der Waals surface area (Å²) in [4.78, 5) is 29.2. The molecule has 8 atom stereocenters. The number of hydrogen-bond donors (Lipinski definition) is 2. The Kier molecular flexibility index (Phi) is 6.92. The first-order valence-corrected chi connectivity index (χ1v) is 13.6. The molecule has 2 N–H and O–H groups in total. The molecule has 0 bridgehead atoms. The molecular weight excluding hydrogens is 438 g/mol. The van der Waals surface area contributed by atoms with E-state index >= 15 is 0 Å². The molecule has 2 amide bonds. The summed E-state index contributed by atoms with van der Waals surface area (Å²) in [5, 5.41) is 6.54. The second kappa shape index (κ2) is 9.64. The second-order valence-corrected chi connectivity index (χ2v) is 12.1. The quantitative estimate of drug-likeness (QED) is 0.652. The highest BCUT2D eigenvalue weighted by Gasteiger charge is 2.48. The predicted octanol–water partition coefficient (Wildman–Crippen LogP) is 2.81. The average Bonchev–Trinajstić information content (AvgIpc) is 3.43. The summed E-state index contributed by atoms with van der Waals surface area (Å²) in [7, 11) is 0. The van der Waals surface area contributed by atoms with E-state index in [0.29, 0.717) is 31.6 Å². The number of likely N-dealkylation sites (tertiary alicyclic amines) is 2. The van der Waals surface area contributed by atoms with Crippen molar-refractivity contribution >= 4 is 11.8 Å². The van der Waals surface area contributed by atoms with Crippen LogP contribution in [0.4, 0.5) is 8.78 Å². The Morgan fingerprint density at radius 1 is 1.00 bits per heavy atom. The van der Waals surface area contributed by atoms with Gasteiger partial charge in [-0.2, -0.15) is 0 Å². The van der Waals surface area contributed by atoms with Crippen LogP contribution < -0.4 is 10.6 Å². The first-order valence-electron chi connectivity index (χ1n) is 13.6. The number of amides is 2. The van der Waals surface area contributed by atoms with Gasteiger partial charge < -0.3 is 15.5 Å². The Bertz CT molecular complexity index is 756. The molecule has 8 heteroatoms. The Morgan fingerprint density at radius 2 is 1.74 bits per heavy atom. The summed E-state index contributed by atoms with van der Waals surface area (Å²) in [5.74, 6) is 0.376. The van der Waals surface area contributed by atoms with Crippen molar-refractivity contribution in [2.75, 3.05) is 26.2 Å². The maximum Gasteiger partial charge on any atom is 0.237 e. The first-order chi connectivity index (χ1) is 16.2. The average molecular weight is 481 g/mol. The minimum Gasteiger partial charge on any atom is -0.352 e. The number of carbonyl (C=O) groups is 2. The minimum absolute atomic E-state index is 0.0720. The van der Waals surface area contributed by atoms with Gasteiger partial charge in [0, 0.05) is 50.6 Å². The maximum absolute atomic E-state index is 14.8. The Morgan fingerprint density at radius 3 is 2.44 bits per heavy atom. The fourth-order valence-corrected chi connectivity index (χ4v) is 7.72. The second-order valence-electron chi connectivity index (χ2n) is 12.1. The van der Waals surface area contributed by atoms with E-state index in [9.17, 15) is 18.4 Å². The van der Waals surface area contributed by atoms with Crippen LogP contribution in [0.15, 0.2) is 0 Å². The highest BCUT2D eigenvalue weighted by molar-refractivity contribution is 5.82. The van der Waals surface area contributed by atoms with E-state index in [-0.39, 0.29) is 47.3 Å². The summed E-state index contributed by atoms with van der Waals surface area (Å²) in [5.41, 5.74) is 0.248. The zero-order valence-corrected chi connectivity index (χ0v) is 20.8. The molecule has 5 fully saturated rings. The highest BCUT2D eigenvalue weighted by Crippen LogP contribution is 2.43. The maximum atomic E-state index is 14.8. The summed E-state index contributed by atoms with van der Waals surface area (Å²) < 4.78 is 29.2. The van der Waals surface area contributed by atoms with Gasteiger partial charge in [-0.15, -0.1) is 0 Å². The number of fused-ring (bicyclic) bond motifs is 1. The summed E-state index contributed by atoms with van der Waals surface area (Å²) >= 11 is 0. The van der Waals surface area contributed by atoms with Crippen molar-refractivity contribution in [2.45, 2.75) is 108 Å². The number of hydrogen-bond acceptors (Lipinski definition) is 4. The van der Waals surface area contributed by atoms with Gasteiger partial charge in [-0.3, -0.25) is 14.5 Å². The number of piperidine rings is 1. The molecule has 3 aliphatic heterocycles. The Hall–Kier alpha value is -1.28. The molecular formula is C26H42F2N4O2. The number of carbonyl (C=O) groups excluding carboxylic acids is 2.